The highest BCUT2D eigenvalue weighted by molar-refractivity contribution is 6.55. The van der Waals surface area contributed by atoms with Gasteiger partial charge in [-0.25, -0.2) is 0 Å². The number of hydrogen-bond donors (Lipinski definition) is 1. The van der Waals surface area contributed by atoms with Gasteiger partial charge in [-0.05, 0) is 57.9 Å². The summed E-state index contributed by atoms with van der Waals surface area (Å²) in [4.78, 5) is 0. The molecule has 5 heteroatoms. The van der Waals surface area contributed by atoms with Crippen molar-refractivity contribution in [3.8, 4) is 5.75 Å². The fourth-order valence-electron chi connectivity index (χ4n) is 2.32. The fraction of sp³-hybridized carbons (Fsp3) is 0.529. The Hall–Kier alpha value is -1.30. The van der Waals surface area contributed by atoms with Crippen molar-refractivity contribution >= 4 is 13.2 Å². The molecule has 1 aromatic rings. The van der Waals surface area contributed by atoms with Gasteiger partial charge in [0.05, 0.1) is 18.3 Å². The molecule has 0 unspecified atom stereocenters. The van der Waals surface area contributed by atoms with E-state index in [9.17, 15) is 0 Å². The molecule has 1 aromatic carbocycles. The average molecular weight is 303 g/mol. The number of likely N-dealkylation sites (N-methyl/N-ethyl adjacent to an activating group) is 1. The lowest BCUT2D eigenvalue weighted by atomic mass is 9.77. The molecule has 0 radical (unpaired) electrons. The number of ether oxygens (including phenoxy) is 1. The summed E-state index contributed by atoms with van der Waals surface area (Å²) < 4.78 is 17.5. The minimum absolute atomic E-state index is 0.329. The number of methoxy groups -OCH3 is 1. The van der Waals surface area contributed by atoms with E-state index in [1.54, 1.807) is 7.11 Å². The second kappa shape index (κ2) is 6.45. The quantitative estimate of drug-likeness (QED) is 0.849. The number of hydrogen-bond acceptors (Lipinski definition) is 4. The Morgan fingerprint density at radius 1 is 1.14 bits per heavy atom. The van der Waals surface area contributed by atoms with E-state index in [4.69, 9.17) is 14.0 Å². The van der Waals surface area contributed by atoms with E-state index in [1.165, 1.54) is 0 Å². The minimum Gasteiger partial charge on any atom is -0.497 e. The van der Waals surface area contributed by atoms with E-state index in [0.717, 1.165) is 16.8 Å². The summed E-state index contributed by atoms with van der Waals surface area (Å²) in [5.41, 5.74) is 1.52. The Balaban J connectivity index is 2.24. The van der Waals surface area contributed by atoms with E-state index in [1.807, 2.05) is 31.3 Å². The fourth-order valence-corrected chi connectivity index (χ4v) is 2.32. The molecule has 1 fully saturated rings. The van der Waals surface area contributed by atoms with Crippen molar-refractivity contribution in [1.82, 2.24) is 5.32 Å². The highest BCUT2D eigenvalue weighted by atomic mass is 16.7. The zero-order valence-electron chi connectivity index (χ0n) is 14.4. The Labute approximate surface area is 134 Å². The van der Waals surface area contributed by atoms with Crippen LogP contribution < -0.4 is 10.1 Å². The van der Waals surface area contributed by atoms with Crippen molar-refractivity contribution in [2.24, 2.45) is 0 Å². The van der Waals surface area contributed by atoms with Crippen LogP contribution in [0.2, 0.25) is 0 Å². The third kappa shape index (κ3) is 3.54. The van der Waals surface area contributed by atoms with Crippen LogP contribution in [0, 0.1) is 0 Å². The third-order valence-corrected chi connectivity index (χ3v) is 4.40. The SMILES string of the molecule is CNCC(=Cc1ccc(OC)cc1)B1OC(C)(C)C(C)(C)O1. The van der Waals surface area contributed by atoms with E-state index < -0.39 is 0 Å². The van der Waals surface area contributed by atoms with Crippen molar-refractivity contribution in [1.29, 1.82) is 0 Å². The van der Waals surface area contributed by atoms with Gasteiger partial charge in [0.2, 0.25) is 0 Å². The average Bonchev–Trinajstić information content (AvgIpc) is 2.68. The monoisotopic (exact) mass is 303 g/mol. The first kappa shape index (κ1) is 17.1. The van der Waals surface area contributed by atoms with Crippen molar-refractivity contribution in [2.75, 3.05) is 20.7 Å². The Morgan fingerprint density at radius 2 is 1.68 bits per heavy atom. The first-order valence-electron chi connectivity index (χ1n) is 7.64. The predicted molar refractivity (Wildman–Crippen MR) is 91.0 cm³/mol. The molecule has 1 saturated heterocycles. The maximum atomic E-state index is 6.14. The first-order chi connectivity index (χ1) is 10.3. The van der Waals surface area contributed by atoms with Crippen molar-refractivity contribution in [3.63, 3.8) is 0 Å². The molecule has 2 rings (SSSR count). The van der Waals surface area contributed by atoms with E-state index in [2.05, 4.69) is 39.1 Å². The summed E-state index contributed by atoms with van der Waals surface area (Å²) in [6.07, 6.45) is 2.11. The molecule has 22 heavy (non-hydrogen) atoms. The Morgan fingerprint density at radius 3 is 2.14 bits per heavy atom. The number of rotatable bonds is 5. The summed E-state index contributed by atoms with van der Waals surface area (Å²) in [6.45, 7) is 8.98. The zero-order chi connectivity index (χ0) is 16.4. The van der Waals surface area contributed by atoms with Gasteiger partial charge in [0.25, 0.3) is 0 Å². The molecule has 0 amide bonds. The van der Waals surface area contributed by atoms with Gasteiger partial charge in [-0.15, -0.1) is 0 Å². The van der Waals surface area contributed by atoms with Crippen LogP contribution in [0.1, 0.15) is 33.3 Å². The molecule has 4 nitrogen and oxygen atoms in total. The lowest BCUT2D eigenvalue weighted by Gasteiger charge is -2.32. The largest absolute Gasteiger partial charge is 0.497 e. The lowest BCUT2D eigenvalue weighted by molar-refractivity contribution is 0.00578. The molecule has 1 N–H and O–H groups in total. The normalized spacial score (nSPS) is 20.3. The molecule has 1 heterocycles. The highest BCUT2D eigenvalue weighted by Crippen LogP contribution is 2.38. The van der Waals surface area contributed by atoms with Gasteiger partial charge in [-0.2, -0.15) is 0 Å². The molecule has 0 bridgehead atoms. The summed E-state index contributed by atoms with van der Waals surface area (Å²) in [5.74, 6) is 0.850. The first-order valence-corrected chi connectivity index (χ1v) is 7.64. The maximum Gasteiger partial charge on any atom is 0.491 e. The van der Waals surface area contributed by atoms with E-state index in [0.29, 0.717) is 6.54 Å². The molecular formula is C17H26BNO3. The minimum atomic E-state index is -0.334. The second-order valence-corrected chi connectivity index (χ2v) is 6.61. The van der Waals surface area contributed by atoms with E-state index >= 15 is 0 Å². The molecule has 0 aliphatic carbocycles. The molecule has 120 valence electrons. The number of nitrogens with one attached hydrogen (secondary N) is 1. The van der Waals surface area contributed by atoms with Crippen LogP contribution in [0.25, 0.3) is 6.08 Å². The summed E-state index contributed by atoms with van der Waals surface area (Å²) >= 11 is 0. The van der Waals surface area contributed by atoms with Gasteiger partial charge in [-0.1, -0.05) is 18.2 Å². The van der Waals surface area contributed by atoms with Gasteiger partial charge in [0.15, 0.2) is 0 Å². The topological polar surface area (TPSA) is 39.7 Å². The van der Waals surface area contributed by atoms with Crippen LogP contribution >= 0.6 is 0 Å². The Bertz CT molecular complexity index is 521. The summed E-state index contributed by atoms with van der Waals surface area (Å²) in [7, 11) is 3.26. The Kier molecular flexibility index (Phi) is 5.00. The second-order valence-electron chi connectivity index (χ2n) is 6.61. The van der Waals surface area contributed by atoms with Gasteiger partial charge in [-0.3, -0.25) is 0 Å². The molecule has 0 saturated carbocycles. The van der Waals surface area contributed by atoms with Crippen LogP contribution in [-0.2, 0) is 9.31 Å². The molecule has 1 aliphatic rings. The van der Waals surface area contributed by atoms with Gasteiger partial charge >= 0.3 is 7.12 Å². The molecular weight excluding hydrogens is 277 g/mol. The smallest absolute Gasteiger partial charge is 0.491 e. The molecule has 0 aromatic heterocycles. The van der Waals surface area contributed by atoms with Crippen molar-refractivity contribution in [3.05, 3.63) is 35.3 Å². The van der Waals surface area contributed by atoms with Gasteiger partial charge in [0.1, 0.15) is 5.75 Å². The highest BCUT2D eigenvalue weighted by Gasteiger charge is 2.52. The van der Waals surface area contributed by atoms with Crippen LogP contribution in [0.3, 0.4) is 0 Å². The molecule has 1 aliphatic heterocycles. The van der Waals surface area contributed by atoms with E-state index in [-0.39, 0.29) is 18.3 Å². The lowest BCUT2D eigenvalue weighted by Crippen LogP contribution is -2.41. The molecule has 0 spiro atoms. The third-order valence-electron chi connectivity index (χ3n) is 4.40. The van der Waals surface area contributed by atoms with Crippen LogP contribution in [0.4, 0.5) is 0 Å². The molecule has 0 atom stereocenters. The summed E-state index contributed by atoms with van der Waals surface area (Å²) in [6, 6.07) is 7.96. The van der Waals surface area contributed by atoms with Crippen LogP contribution in [-0.4, -0.2) is 39.0 Å². The van der Waals surface area contributed by atoms with Gasteiger partial charge < -0.3 is 19.4 Å². The maximum absolute atomic E-state index is 6.14. The predicted octanol–water partition coefficient (Wildman–Crippen LogP) is 2.93. The van der Waals surface area contributed by atoms with Crippen LogP contribution in [0.15, 0.2) is 29.7 Å². The van der Waals surface area contributed by atoms with Gasteiger partial charge in [0, 0.05) is 6.54 Å². The number of benzene rings is 1. The van der Waals surface area contributed by atoms with Crippen LogP contribution in [0.5, 0.6) is 5.75 Å². The standard InChI is InChI=1S/C17H26BNO3/c1-16(2)17(3,4)22-18(21-16)14(12-19-5)11-13-7-9-15(20-6)10-8-13/h7-11,19H,12H2,1-6H3. The summed E-state index contributed by atoms with van der Waals surface area (Å²) in [5, 5.41) is 3.19. The van der Waals surface area contributed by atoms with Crippen molar-refractivity contribution in [2.45, 2.75) is 38.9 Å². The zero-order valence-corrected chi connectivity index (χ0v) is 14.4. The van der Waals surface area contributed by atoms with Crippen molar-refractivity contribution < 1.29 is 14.0 Å².